The minimum atomic E-state index is -0.973. The molecular weight excluding hydrogens is 424 g/mol. The van der Waals surface area contributed by atoms with E-state index in [9.17, 15) is 4.79 Å². The van der Waals surface area contributed by atoms with Gasteiger partial charge in [-0.2, -0.15) is 0 Å². The summed E-state index contributed by atoms with van der Waals surface area (Å²) in [6.07, 6.45) is 5.82. The fourth-order valence-electron chi connectivity index (χ4n) is 4.06. The number of rotatable bonds is 9. The molecule has 172 valence electrons. The van der Waals surface area contributed by atoms with Gasteiger partial charge in [-0.25, -0.2) is 4.79 Å². The molecule has 4 aromatic carbocycles. The molecule has 4 aromatic rings. The van der Waals surface area contributed by atoms with E-state index in [0.29, 0.717) is 5.75 Å². The number of carbonyl (C=O) groups is 1. The van der Waals surface area contributed by atoms with Gasteiger partial charge in [-0.15, -0.1) is 0 Å². The van der Waals surface area contributed by atoms with Crippen molar-refractivity contribution in [3.8, 4) is 28.4 Å². The zero-order valence-electron chi connectivity index (χ0n) is 19.5. The first-order valence-corrected chi connectivity index (χ1v) is 11.5. The van der Waals surface area contributed by atoms with Gasteiger partial charge in [-0.05, 0) is 71.3 Å². The average Bonchev–Trinajstić information content (AvgIpc) is 2.87. The molecule has 1 N–H and O–H groups in total. The Kier molecular flexibility index (Phi) is 7.28. The predicted molar refractivity (Wildman–Crippen MR) is 138 cm³/mol. The average molecular weight is 453 g/mol. The van der Waals surface area contributed by atoms with Gasteiger partial charge in [0.2, 0.25) is 0 Å². The van der Waals surface area contributed by atoms with Crippen molar-refractivity contribution in [1.29, 1.82) is 0 Å². The van der Waals surface area contributed by atoms with Crippen LogP contribution in [-0.2, 0) is 11.2 Å². The van der Waals surface area contributed by atoms with Crippen molar-refractivity contribution in [2.24, 2.45) is 0 Å². The monoisotopic (exact) mass is 452 g/mol. The van der Waals surface area contributed by atoms with Crippen LogP contribution in [0.2, 0.25) is 0 Å². The lowest BCUT2D eigenvalue weighted by atomic mass is 9.91. The van der Waals surface area contributed by atoms with Crippen molar-refractivity contribution in [1.82, 2.24) is 0 Å². The van der Waals surface area contributed by atoms with E-state index in [1.807, 2.05) is 60.7 Å². The van der Waals surface area contributed by atoms with E-state index in [4.69, 9.17) is 14.6 Å². The molecule has 0 aliphatic carbocycles. The third-order valence-electron chi connectivity index (χ3n) is 5.76. The number of carboxylic acid groups (broad SMARTS) is 1. The molecule has 0 saturated carbocycles. The molecule has 34 heavy (non-hydrogen) atoms. The van der Waals surface area contributed by atoms with Crippen LogP contribution < -0.4 is 9.47 Å². The molecule has 0 aliphatic heterocycles. The van der Waals surface area contributed by atoms with Gasteiger partial charge in [0, 0.05) is 17.0 Å². The molecular formula is C30H28O4. The topological polar surface area (TPSA) is 55.8 Å². The molecule has 0 bridgehead atoms. The smallest absolute Gasteiger partial charge is 0.328 e. The summed E-state index contributed by atoms with van der Waals surface area (Å²) in [7, 11) is 1.68. The second-order valence-electron chi connectivity index (χ2n) is 8.14. The third-order valence-corrected chi connectivity index (χ3v) is 5.76. The van der Waals surface area contributed by atoms with Gasteiger partial charge in [0.05, 0.1) is 7.11 Å². The van der Waals surface area contributed by atoms with E-state index in [1.54, 1.807) is 13.2 Å². The van der Waals surface area contributed by atoms with E-state index in [0.717, 1.165) is 64.3 Å². The summed E-state index contributed by atoms with van der Waals surface area (Å²) in [6.45, 7) is 2.20. The zero-order valence-corrected chi connectivity index (χ0v) is 19.5. The maximum absolute atomic E-state index is 10.8. The van der Waals surface area contributed by atoms with Crippen molar-refractivity contribution in [2.75, 3.05) is 7.11 Å². The quantitative estimate of drug-likeness (QED) is 0.264. The first-order valence-electron chi connectivity index (χ1n) is 11.5. The van der Waals surface area contributed by atoms with Crippen molar-refractivity contribution < 1.29 is 19.4 Å². The van der Waals surface area contributed by atoms with Crippen LogP contribution in [0.5, 0.6) is 17.2 Å². The van der Waals surface area contributed by atoms with E-state index >= 15 is 0 Å². The van der Waals surface area contributed by atoms with E-state index in [-0.39, 0.29) is 0 Å². The number of carboxylic acids is 1. The summed E-state index contributed by atoms with van der Waals surface area (Å²) in [6, 6.07) is 26.1. The number of unbranched alkanes of at least 4 members (excludes halogenated alkanes) is 1. The van der Waals surface area contributed by atoms with Crippen LogP contribution in [0.3, 0.4) is 0 Å². The predicted octanol–water partition coefficient (Wildman–Crippen LogP) is 7.75. The molecule has 4 rings (SSSR count). The molecule has 0 aromatic heterocycles. The summed E-state index contributed by atoms with van der Waals surface area (Å²) in [5, 5.41) is 10.9. The Morgan fingerprint density at radius 2 is 1.68 bits per heavy atom. The van der Waals surface area contributed by atoms with Crippen LogP contribution in [-0.4, -0.2) is 18.2 Å². The Balaban J connectivity index is 1.87. The van der Waals surface area contributed by atoms with Gasteiger partial charge >= 0.3 is 5.97 Å². The molecule has 0 radical (unpaired) electrons. The van der Waals surface area contributed by atoms with Crippen molar-refractivity contribution in [2.45, 2.75) is 26.2 Å². The lowest BCUT2D eigenvalue weighted by molar-refractivity contribution is -0.131. The maximum atomic E-state index is 10.8. The Hall–Kier alpha value is -4.05. The number of fused-ring (bicyclic) bond motifs is 1. The highest BCUT2D eigenvalue weighted by Gasteiger charge is 2.18. The third kappa shape index (κ3) is 5.29. The molecule has 4 heteroatoms. The molecule has 0 spiro atoms. The summed E-state index contributed by atoms with van der Waals surface area (Å²) in [5.41, 5.74) is 4.25. The first kappa shape index (κ1) is 23.1. The fraction of sp³-hybridized carbons (Fsp3) is 0.167. The Morgan fingerprint density at radius 3 is 2.35 bits per heavy atom. The van der Waals surface area contributed by atoms with Gasteiger partial charge in [-0.1, -0.05) is 61.9 Å². The minimum absolute atomic E-state index is 0.689. The number of methoxy groups -OCH3 is 1. The van der Waals surface area contributed by atoms with Crippen LogP contribution in [0.25, 0.3) is 28.0 Å². The van der Waals surface area contributed by atoms with Crippen molar-refractivity contribution in [3.63, 3.8) is 0 Å². The highest BCUT2D eigenvalue weighted by Crippen LogP contribution is 2.43. The summed E-state index contributed by atoms with van der Waals surface area (Å²) in [5.74, 6) is 1.33. The maximum Gasteiger partial charge on any atom is 0.328 e. The molecule has 0 amide bonds. The number of benzene rings is 4. The van der Waals surface area contributed by atoms with Crippen molar-refractivity contribution >= 4 is 22.8 Å². The first-order chi connectivity index (χ1) is 16.6. The minimum Gasteiger partial charge on any atom is -0.497 e. The van der Waals surface area contributed by atoms with Crippen LogP contribution in [0.1, 0.15) is 30.9 Å². The number of aryl methyl sites for hydroxylation is 1. The highest BCUT2D eigenvalue weighted by molar-refractivity contribution is 5.98. The summed E-state index contributed by atoms with van der Waals surface area (Å²) >= 11 is 0. The number of hydrogen-bond donors (Lipinski definition) is 1. The number of aliphatic carboxylic acids is 1. The molecule has 0 heterocycles. The Bertz CT molecular complexity index is 1310. The van der Waals surface area contributed by atoms with Gasteiger partial charge in [0.25, 0.3) is 0 Å². The van der Waals surface area contributed by atoms with E-state index in [1.165, 1.54) is 5.56 Å². The molecule has 0 fully saturated rings. The second kappa shape index (κ2) is 10.7. The largest absolute Gasteiger partial charge is 0.497 e. The van der Waals surface area contributed by atoms with E-state index in [2.05, 4.69) is 25.1 Å². The molecule has 4 nitrogen and oxygen atoms in total. The number of ether oxygens (including phenoxy) is 2. The molecule has 0 atom stereocenters. The van der Waals surface area contributed by atoms with Gasteiger partial charge in [0.15, 0.2) is 0 Å². The van der Waals surface area contributed by atoms with E-state index < -0.39 is 5.97 Å². The molecule has 0 saturated heterocycles. The Morgan fingerprint density at radius 1 is 0.941 bits per heavy atom. The molecule has 0 aliphatic rings. The van der Waals surface area contributed by atoms with Crippen molar-refractivity contribution in [3.05, 3.63) is 96.1 Å². The van der Waals surface area contributed by atoms with Gasteiger partial charge in [-0.3, -0.25) is 0 Å². The Labute approximate surface area is 200 Å². The van der Waals surface area contributed by atoms with Gasteiger partial charge in [0.1, 0.15) is 17.2 Å². The van der Waals surface area contributed by atoms with Gasteiger partial charge < -0.3 is 14.6 Å². The lowest BCUT2D eigenvalue weighted by Crippen LogP contribution is -1.97. The number of hydrogen-bond acceptors (Lipinski definition) is 3. The van der Waals surface area contributed by atoms with Crippen LogP contribution >= 0.6 is 0 Å². The van der Waals surface area contributed by atoms with Crippen LogP contribution in [0, 0.1) is 0 Å². The lowest BCUT2D eigenvalue weighted by Gasteiger charge is -2.19. The summed E-state index contributed by atoms with van der Waals surface area (Å²) < 4.78 is 12.1. The highest BCUT2D eigenvalue weighted by atomic mass is 16.5. The fourth-order valence-corrected chi connectivity index (χ4v) is 4.06. The molecule has 0 unspecified atom stereocenters. The normalized spacial score (nSPS) is 11.1. The zero-order chi connectivity index (χ0) is 23.9. The standard InChI is InChI=1S/C30H28O4/c1-3-4-8-23-19-24-20-26(33-2)16-17-27(24)30(29(23)22-9-6-5-7-10-22)34-25-14-11-21(12-15-25)13-18-28(31)32/h5-7,9-20H,3-4,8H2,1-2H3,(H,31,32). The van der Waals surface area contributed by atoms with Crippen LogP contribution in [0.4, 0.5) is 0 Å². The van der Waals surface area contributed by atoms with Crippen LogP contribution in [0.15, 0.2) is 84.9 Å². The SMILES string of the molecule is CCCCc1cc2cc(OC)ccc2c(Oc2ccc(C=CC(=O)O)cc2)c1-c1ccccc1. The summed E-state index contributed by atoms with van der Waals surface area (Å²) in [4.78, 5) is 10.8. The second-order valence-corrected chi connectivity index (χ2v) is 8.14.